The van der Waals surface area contributed by atoms with Gasteiger partial charge in [-0.15, -0.1) is 0 Å². The summed E-state index contributed by atoms with van der Waals surface area (Å²) in [7, 11) is 0. The zero-order chi connectivity index (χ0) is 16.3. The number of hydrogen-bond acceptors (Lipinski definition) is 2. The van der Waals surface area contributed by atoms with Gasteiger partial charge in [-0.25, -0.2) is 0 Å². The molecule has 2 rings (SSSR count). The van der Waals surface area contributed by atoms with Crippen molar-refractivity contribution in [2.45, 2.75) is 13.8 Å². The fourth-order valence-corrected chi connectivity index (χ4v) is 3.52. The number of halogens is 3. The molecule has 0 saturated heterocycles. The second-order valence-corrected chi connectivity index (χ2v) is 7.03. The Balaban J connectivity index is 2.02. The number of carbonyl (C=O) groups excluding carboxylic acids is 1. The van der Waals surface area contributed by atoms with Gasteiger partial charge in [-0.1, -0.05) is 33.6 Å². The molecule has 0 heterocycles. The van der Waals surface area contributed by atoms with E-state index >= 15 is 0 Å². The molecule has 2 aromatic carbocycles. The third kappa shape index (κ3) is 4.48. The van der Waals surface area contributed by atoms with E-state index in [4.69, 9.17) is 16.3 Å². The van der Waals surface area contributed by atoms with Crippen LogP contribution in [0.15, 0.2) is 39.3 Å². The number of nitrogens with one attached hydrogen (secondary N) is 1. The minimum Gasteiger partial charge on any atom is -0.483 e. The number of anilines is 1. The van der Waals surface area contributed by atoms with Gasteiger partial charge >= 0.3 is 0 Å². The van der Waals surface area contributed by atoms with Crippen molar-refractivity contribution in [3.8, 4) is 5.75 Å². The van der Waals surface area contributed by atoms with Crippen LogP contribution in [-0.2, 0) is 4.79 Å². The molecule has 0 radical (unpaired) electrons. The number of ether oxygens (including phenoxy) is 1. The molecule has 2 aromatic rings. The zero-order valence-electron chi connectivity index (χ0n) is 12.0. The molecule has 0 unspecified atom stereocenters. The van der Waals surface area contributed by atoms with Crippen molar-refractivity contribution < 1.29 is 9.53 Å². The lowest BCUT2D eigenvalue weighted by Crippen LogP contribution is -2.21. The summed E-state index contributed by atoms with van der Waals surface area (Å²) in [6.45, 7) is 3.77. The van der Waals surface area contributed by atoms with E-state index in [1.54, 1.807) is 6.07 Å². The number of rotatable bonds is 4. The van der Waals surface area contributed by atoms with Crippen LogP contribution in [0.5, 0.6) is 5.75 Å². The Labute approximate surface area is 151 Å². The Bertz CT molecular complexity index is 696. The normalized spacial score (nSPS) is 10.4. The van der Waals surface area contributed by atoms with Crippen LogP contribution >= 0.6 is 43.5 Å². The van der Waals surface area contributed by atoms with E-state index in [1.165, 1.54) is 0 Å². The first kappa shape index (κ1) is 17.3. The quantitative estimate of drug-likeness (QED) is 0.672. The molecule has 22 heavy (non-hydrogen) atoms. The summed E-state index contributed by atoms with van der Waals surface area (Å²) in [5.74, 6) is 0.341. The zero-order valence-corrected chi connectivity index (χ0v) is 16.0. The van der Waals surface area contributed by atoms with Crippen molar-refractivity contribution >= 4 is 55.1 Å². The third-order valence-corrected chi connectivity index (χ3v) is 4.36. The van der Waals surface area contributed by atoms with Crippen LogP contribution in [0.4, 0.5) is 5.69 Å². The lowest BCUT2D eigenvalue weighted by atomic mass is 10.1. The second-order valence-electron chi connectivity index (χ2n) is 4.85. The molecule has 6 heteroatoms. The van der Waals surface area contributed by atoms with Crippen molar-refractivity contribution in [2.24, 2.45) is 0 Å². The van der Waals surface area contributed by atoms with E-state index in [9.17, 15) is 4.79 Å². The summed E-state index contributed by atoms with van der Waals surface area (Å²) in [4.78, 5) is 12.0. The summed E-state index contributed by atoms with van der Waals surface area (Å²) in [6, 6.07) is 9.27. The number of carbonyl (C=O) groups is 1. The molecular formula is C16H14Br2ClNO2. The Kier molecular flexibility index (Phi) is 5.89. The smallest absolute Gasteiger partial charge is 0.262 e. The molecule has 0 saturated carbocycles. The van der Waals surface area contributed by atoms with Crippen molar-refractivity contribution in [3.05, 3.63) is 55.4 Å². The molecule has 0 atom stereocenters. The van der Waals surface area contributed by atoms with Gasteiger partial charge in [-0.2, -0.15) is 0 Å². The van der Waals surface area contributed by atoms with E-state index in [1.807, 2.05) is 38.1 Å². The highest BCUT2D eigenvalue weighted by Gasteiger charge is 2.11. The number of amides is 1. The lowest BCUT2D eigenvalue weighted by Gasteiger charge is -2.12. The highest BCUT2D eigenvalue weighted by molar-refractivity contribution is 9.11. The third-order valence-electron chi connectivity index (χ3n) is 2.95. The largest absolute Gasteiger partial charge is 0.483 e. The predicted molar refractivity (Wildman–Crippen MR) is 96.9 cm³/mol. The van der Waals surface area contributed by atoms with Crippen LogP contribution in [0.2, 0.25) is 5.02 Å². The van der Waals surface area contributed by atoms with Gasteiger partial charge in [-0.05, 0) is 65.2 Å². The van der Waals surface area contributed by atoms with Gasteiger partial charge in [0.25, 0.3) is 5.91 Å². The van der Waals surface area contributed by atoms with Crippen LogP contribution in [0.25, 0.3) is 0 Å². The van der Waals surface area contributed by atoms with Gasteiger partial charge < -0.3 is 10.1 Å². The molecule has 0 aliphatic heterocycles. The first-order chi connectivity index (χ1) is 10.4. The molecule has 116 valence electrons. The molecule has 3 nitrogen and oxygen atoms in total. The van der Waals surface area contributed by atoms with Crippen molar-refractivity contribution in [2.75, 3.05) is 11.9 Å². The van der Waals surface area contributed by atoms with Gasteiger partial charge in [0, 0.05) is 4.47 Å². The molecule has 0 aliphatic carbocycles. The molecule has 1 N–H and O–H groups in total. The topological polar surface area (TPSA) is 38.3 Å². The van der Waals surface area contributed by atoms with E-state index in [0.717, 1.165) is 20.1 Å². The van der Waals surface area contributed by atoms with Crippen molar-refractivity contribution in [3.63, 3.8) is 0 Å². The summed E-state index contributed by atoms with van der Waals surface area (Å²) in [6.07, 6.45) is 0. The van der Waals surface area contributed by atoms with E-state index in [-0.39, 0.29) is 12.5 Å². The van der Waals surface area contributed by atoms with Crippen LogP contribution in [0.1, 0.15) is 11.1 Å². The minimum atomic E-state index is -0.260. The average molecular weight is 448 g/mol. The maximum absolute atomic E-state index is 12.0. The monoisotopic (exact) mass is 445 g/mol. The first-order valence-corrected chi connectivity index (χ1v) is 8.47. The van der Waals surface area contributed by atoms with Crippen LogP contribution in [-0.4, -0.2) is 12.5 Å². The SMILES string of the molecule is Cc1cc(C)c(NC(=O)COc2ccc(Br)cc2Br)c(Cl)c1. The summed E-state index contributed by atoms with van der Waals surface area (Å²) >= 11 is 12.9. The Morgan fingerprint density at radius 1 is 1.23 bits per heavy atom. The Hall–Kier alpha value is -1.04. The van der Waals surface area contributed by atoms with Gasteiger partial charge in [-0.3, -0.25) is 4.79 Å². The molecule has 0 aliphatic rings. The molecule has 1 amide bonds. The summed E-state index contributed by atoms with van der Waals surface area (Å²) < 4.78 is 7.21. The van der Waals surface area contributed by atoms with Crippen LogP contribution < -0.4 is 10.1 Å². The number of hydrogen-bond donors (Lipinski definition) is 1. The second kappa shape index (κ2) is 7.49. The Morgan fingerprint density at radius 3 is 2.59 bits per heavy atom. The van der Waals surface area contributed by atoms with Crippen molar-refractivity contribution in [1.82, 2.24) is 0 Å². The fourth-order valence-electron chi connectivity index (χ4n) is 1.99. The van der Waals surface area contributed by atoms with Crippen LogP contribution in [0.3, 0.4) is 0 Å². The standard InChI is InChI=1S/C16H14Br2ClNO2/c1-9-5-10(2)16(13(19)6-9)20-15(21)8-22-14-4-3-11(17)7-12(14)18/h3-7H,8H2,1-2H3,(H,20,21). The molecule has 0 spiro atoms. The van der Waals surface area contributed by atoms with Gasteiger partial charge in [0.1, 0.15) is 5.75 Å². The van der Waals surface area contributed by atoms with Gasteiger partial charge in [0.15, 0.2) is 6.61 Å². The maximum atomic E-state index is 12.0. The van der Waals surface area contributed by atoms with Gasteiger partial charge in [0.05, 0.1) is 15.2 Å². The van der Waals surface area contributed by atoms with Gasteiger partial charge in [0.2, 0.25) is 0 Å². The summed E-state index contributed by atoms with van der Waals surface area (Å²) in [5, 5.41) is 3.31. The van der Waals surface area contributed by atoms with E-state index in [2.05, 4.69) is 37.2 Å². The fraction of sp³-hybridized carbons (Fsp3) is 0.188. The number of benzene rings is 2. The molecule has 0 fully saturated rings. The average Bonchev–Trinajstić information content (AvgIpc) is 2.42. The lowest BCUT2D eigenvalue weighted by molar-refractivity contribution is -0.118. The predicted octanol–water partition coefficient (Wildman–Crippen LogP) is 5.50. The maximum Gasteiger partial charge on any atom is 0.262 e. The highest BCUT2D eigenvalue weighted by Crippen LogP contribution is 2.29. The first-order valence-electron chi connectivity index (χ1n) is 6.51. The summed E-state index contributed by atoms with van der Waals surface area (Å²) in [5.41, 5.74) is 2.59. The number of aryl methyl sites for hydroxylation is 2. The van der Waals surface area contributed by atoms with Crippen molar-refractivity contribution in [1.29, 1.82) is 0 Å². The molecule has 0 aromatic heterocycles. The van der Waals surface area contributed by atoms with E-state index in [0.29, 0.717) is 16.5 Å². The minimum absolute atomic E-state index is 0.0934. The molecule has 0 bridgehead atoms. The van der Waals surface area contributed by atoms with Crippen LogP contribution in [0, 0.1) is 13.8 Å². The Morgan fingerprint density at radius 2 is 1.95 bits per heavy atom. The van der Waals surface area contributed by atoms with E-state index < -0.39 is 0 Å². The highest BCUT2D eigenvalue weighted by atomic mass is 79.9. The molecular weight excluding hydrogens is 433 g/mol.